The summed E-state index contributed by atoms with van der Waals surface area (Å²) in [5, 5.41) is 4.04. The summed E-state index contributed by atoms with van der Waals surface area (Å²) in [6, 6.07) is 9.19. The van der Waals surface area contributed by atoms with Gasteiger partial charge in [-0.25, -0.2) is 9.97 Å². The van der Waals surface area contributed by atoms with Crippen molar-refractivity contribution in [3.63, 3.8) is 0 Å². The van der Waals surface area contributed by atoms with E-state index in [1.807, 2.05) is 18.2 Å². The smallest absolute Gasteiger partial charge is 0.233 e. The lowest BCUT2D eigenvalue weighted by molar-refractivity contribution is -0.130. The zero-order valence-corrected chi connectivity index (χ0v) is 19.2. The number of hydrogen-bond acceptors (Lipinski definition) is 5. The van der Waals surface area contributed by atoms with E-state index in [4.69, 9.17) is 42.6 Å². The molecule has 164 valence electrons. The van der Waals surface area contributed by atoms with Crippen molar-refractivity contribution in [2.75, 3.05) is 6.79 Å². The monoisotopic (exact) mass is 469 g/mol. The Labute approximate surface area is 195 Å². The molecule has 1 aromatic heterocycles. The number of halogens is 2. The SMILES string of the molecule is CC1(C)C2CCC1(C(=O)NCc1ccc3c(c1)OCO3)c1nc3cc(Cl)c(Cl)cc3nc12. The molecule has 6 rings (SSSR count). The van der Waals surface area contributed by atoms with E-state index in [-0.39, 0.29) is 24.0 Å². The molecule has 1 aliphatic heterocycles. The lowest BCUT2D eigenvalue weighted by Crippen LogP contribution is -2.49. The Bertz CT molecular complexity index is 1310. The number of nitrogens with one attached hydrogen (secondary N) is 1. The summed E-state index contributed by atoms with van der Waals surface area (Å²) in [6.45, 7) is 4.93. The Balaban J connectivity index is 1.38. The van der Waals surface area contributed by atoms with Gasteiger partial charge in [-0.3, -0.25) is 4.79 Å². The van der Waals surface area contributed by atoms with Gasteiger partial charge in [0.2, 0.25) is 12.7 Å². The zero-order valence-electron chi connectivity index (χ0n) is 17.7. The number of nitrogens with zero attached hydrogens (tertiary/aromatic N) is 2. The molecule has 32 heavy (non-hydrogen) atoms. The highest BCUT2D eigenvalue weighted by atomic mass is 35.5. The Hall–Kier alpha value is -2.57. The maximum atomic E-state index is 13.8. The van der Waals surface area contributed by atoms with E-state index in [1.54, 1.807) is 12.1 Å². The third-order valence-corrected chi connectivity index (χ3v) is 8.25. The van der Waals surface area contributed by atoms with Gasteiger partial charge in [-0.15, -0.1) is 0 Å². The molecule has 0 spiro atoms. The normalized spacial score (nSPS) is 24.1. The minimum Gasteiger partial charge on any atom is -0.454 e. The molecule has 1 saturated carbocycles. The minimum atomic E-state index is -0.739. The van der Waals surface area contributed by atoms with Crippen LogP contribution in [0.15, 0.2) is 30.3 Å². The average molecular weight is 470 g/mol. The van der Waals surface area contributed by atoms with Crippen LogP contribution in [0.2, 0.25) is 10.0 Å². The fraction of sp³-hybridized carbons (Fsp3) is 0.375. The number of carbonyl (C=O) groups excluding carboxylic acids is 1. The van der Waals surface area contributed by atoms with E-state index in [0.29, 0.717) is 33.4 Å². The van der Waals surface area contributed by atoms with Gasteiger partial charge in [0, 0.05) is 12.5 Å². The van der Waals surface area contributed by atoms with E-state index in [9.17, 15) is 4.79 Å². The predicted octanol–water partition coefficient (Wildman–Crippen LogP) is 5.14. The lowest BCUT2D eigenvalue weighted by Gasteiger charge is -2.36. The van der Waals surface area contributed by atoms with Gasteiger partial charge in [0.15, 0.2) is 11.5 Å². The molecule has 2 heterocycles. The van der Waals surface area contributed by atoms with Gasteiger partial charge in [-0.1, -0.05) is 43.1 Å². The molecule has 0 radical (unpaired) electrons. The van der Waals surface area contributed by atoms with Gasteiger partial charge >= 0.3 is 0 Å². The molecule has 3 aromatic rings. The van der Waals surface area contributed by atoms with E-state index < -0.39 is 5.41 Å². The van der Waals surface area contributed by atoms with Crippen LogP contribution in [0.3, 0.4) is 0 Å². The van der Waals surface area contributed by atoms with Crippen LogP contribution in [0, 0.1) is 5.41 Å². The summed E-state index contributed by atoms with van der Waals surface area (Å²) in [7, 11) is 0. The standard InChI is InChI=1S/C24H21Cl2N3O3/c1-23(2)13-5-6-24(23,21-20(13)28-16-8-14(25)15(26)9-17(16)29-21)22(30)27-10-12-3-4-18-19(7-12)32-11-31-18/h3-4,7-9,13H,5-6,10-11H2,1-2H3,(H,27,30). The van der Waals surface area contributed by atoms with E-state index >= 15 is 0 Å². The fourth-order valence-corrected chi connectivity index (χ4v) is 6.08. The number of carbonyl (C=O) groups is 1. The van der Waals surface area contributed by atoms with Crippen LogP contribution in [0.1, 0.15) is 49.6 Å². The van der Waals surface area contributed by atoms with Gasteiger partial charge in [0.1, 0.15) is 0 Å². The van der Waals surface area contributed by atoms with Crippen molar-refractivity contribution in [1.82, 2.24) is 15.3 Å². The van der Waals surface area contributed by atoms with Crippen LogP contribution >= 0.6 is 23.2 Å². The van der Waals surface area contributed by atoms with Gasteiger partial charge in [0.05, 0.1) is 37.9 Å². The number of amides is 1. The summed E-state index contributed by atoms with van der Waals surface area (Å²) in [6.07, 6.45) is 1.64. The maximum Gasteiger partial charge on any atom is 0.233 e. The van der Waals surface area contributed by atoms with Crippen molar-refractivity contribution in [1.29, 1.82) is 0 Å². The van der Waals surface area contributed by atoms with Gasteiger partial charge in [0.25, 0.3) is 0 Å². The van der Waals surface area contributed by atoms with Crippen LogP contribution in [0.25, 0.3) is 11.0 Å². The van der Waals surface area contributed by atoms with Crippen LogP contribution < -0.4 is 14.8 Å². The Kier molecular flexibility index (Phi) is 4.21. The number of rotatable bonds is 3. The molecule has 3 aliphatic rings. The van der Waals surface area contributed by atoms with Crippen LogP contribution in [0.5, 0.6) is 11.5 Å². The quantitative estimate of drug-likeness (QED) is 0.574. The molecule has 2 aromatic carbocycles. The summed E-state index contributed by atoms with van der Waals surface area (Å²) in [5.74, 6) is 1.58. The maximum absolute atomic E-state index is 13.8. The Morgan fingerprint density at radius 3 is 2.59 bits per heavy atom. The van der Waals surface area contributed by atoms with Crippen molar-refractivity contribution in [3.8, 4) is 11.5 Å². The molecule has 1 N–H and O–H groups in total. The van der Waals surface area contributed by atoms with Gasteiger partial charge in [-0.2, -0.15) is 0 Å². The van der Waals surface area contributed by atoms with Crippen LogP contribution in [-0.2, 0) is 16.8 Å². The van der Waals surface area contributed by atoms with Crippen molar-refractivity contribution >= 4 is 40.1 Å². The third kappa shape index (κ3) is 2.57. The summed E-state index contributed by atoms with van der Waals surface area (Å²) in [4.78, 5) is 23.6. The van der Waals surface area contributed by atoms with E-state index in [2.05, 4.69) is 19.2 Å². The fourth-order valence-electron chi connectivity index (χ4n) is 5.76. The molecular formula is C24H21Cl2N3O3. The highest BCUT2D eigenvalue weighted by Gasteiger charge is 2.67. The molecule has 0 saturated heterocycles. The van der Waals surface area contributed by atoms with Gasteiger partial charge < -0.3 is 14.8 Å². The highest BCUT2D eigenvalue weighted by Crippen LogP contribution is 2.67. The predicted molar refractivity (Wildman–Crippen MR) is 121 cm³/mol. The first-order valence-electron chi connectivity index (χ1n) is 10.7. The van der Waals surface area contributed by atoms with Crippen molar-refractivity contribution in [3.05, 3.63) is 57.3 Å². The number of ether oxygens (including phenoxy) is 2. The highest BCUT2D eigenvalue weighted by molar-refractivity contribution is 6.42. The molecule has 1 amide bonds. The molecule has 2 bridgehead atoms. The molecular weight excluding hydrogens is 449 g/mol. The lowest BCUT2D eigenvalue weighted by atomic mass is 9.67. The zero-order chi connectivity index (χ0) is 22.3. The first kappa shape index (κ1) is 20.1. The van der Waals surface area contributed by atoms with Crippen molar-refractivity contribution < 1.29 is 14.3 Å². The summed E-state index contributed by atoms with van der Waals surface area (Å²) >= 11 is 12.4. The van der Waals surface area contributed by atoms with E-state index in [0.717, 1.165) is 35.5 Å². The van der Waals surface area contributed by atoms with Crippen LogP contribution in [-0.4, -0.2) is 22.7 Å². The van der Waals surface area contributed by atoms with E-state index in [1.165, 1.54) is 0 Å². The molecule has 1 fully saturated rings. The van der Waals surface area contributed by atoms with Crippen LogP contribution in [0.4, 0.5) is 0 Å². The molecule has 2 atom stereocenters. The Morgan fingerprint density at radius 2 is 1.81 bits per heavy atom. The molecule has 8 heteroatoms. The number of fused-ring (bicyclic) bond motifs is 7. The molecule has 2 aliphatic carbocycles. The minimum absolute atomic E-state index is 0.0184. The number of hydrogen-bond donors (Lipinski definition) is 1. The van der Waals surface area contributed by atoms with Crippen molar-refractivity contribution in [2.24, 2.45) is 5.41 Å². The summed E-state index contributed by atoms with van der Waals surface area (Å²) < 4.78 is 10.8. The molecule has 6 nitrogen and oxygen atoms in total. The Morgan fingerprint density at radius 1 is 1.09 bits per heavy atom. The number of benzene rings is 2. The second kappa shape index (κ2) is 6.72. The van der Waals surface area contributed by atoms with Crippen molar-refractivity contribution in [2.45, 2.75) is 44.6 Å². The second-order valence-electron chi connectivity index (χ2n) is 9.30. The molecule has 2 unspecified atom stereocenters. The topological polar surface area (TPSA) is 73.3 Å². The van der Waals surface area contributed by atoms with Gasteiger partial charge in [-0.05, 0) is 48.1 Å². The second-order valence-corrected chi connectivity index (χ2v) is 10.1. The number of aromatic nitrogens is 2. The first-order chi connectivity index (χ1) is 15.3. The third-order valence-electron chi connectivity index (χ3n) is 7.52. The first-order valence-corrected chi connectivity index (χ1v) is 11.4. The average Bonchev–Trinajstić information content (AvgIpc) is 3.39. The summed E-state index contributed by atoms with van der Waals surface area (Å²) in [5.41, 5.74) is 2.95. The largest absolute Gasteiger partial charge is 0.454 e.